The Hall–Kier alpha value is -2.91. The molecule has 8 nitrogen and oxygen atoms in total. The molecule has 3 aliphatic heterocycles. The zero-order chi connectivity index (χ0) is 24.1. The molecule has 7 rings (SSSR count). The minimum atomic E-state index is -0.131. The van der Waals surface area contributed by atoms with Crippen LogP contribution < -0.4 is 14.5 Å². The van der Waals surface area contributed by atoms with E-state index in [1.165, 1.54) is 29.4 Å². The van der Waals surface area contributed by atoms with Gasteiger partial charge in [-0.25, -0.2) is 15.0 Å². The maximum Gasteiger partial charge on any atom is 0.175 e. The summed E-state index contributed by atoms with van der Waals surface area (Å²) in [6.45, 7) is 3.45. The average molecular weight is 503 g/mol. The quantitative estimate of drug-likeness (QED) is 0.574. The molecule has 1 unspecified atom stereocenters. The minimum Gasteiger partial charge on any atom is -0.486 e. The Morgan fingerprint density at radius 3 is 2.83 bits per heavy atom. The fourth-order valence-corrected chi connectivity index (χ4v) is 7.26. The lowest BCUT2D eigenvalue weighted by molar-refractivity contribution is 0.229. The van der Waals surface area contributed by atoms with Gasteiger partial charge in [0.2, 0.25) is 0 Å². The van der Waals surface area contributed by atoms with Crippen LogP contribution >= 0.6 is 11.8 Å². The molecule has 0 aromatic carbocycles. The van der Waals surface area contributed by atoms with Crippen molar-refractivity contribution in [3.63, 3.8) is 0 Å². The van der Waals surface area contributed by atoms with E-state index in [0.717, 1.165) is 79.0 Å². The van der Waals surface area contributed by atoms with E-state index in [-0.39, 0.29) is 6.61 Å². The highest BCUT2D eigenvalue weighted by molar-refractivity contribution is 7.99. The summed E-state index contributed by atoms with van der Waals surface area (Å²) >= 11 is 1.53. The van der Waals surface area contributed by atoms with Gasteiger partial charge in [-0.05, 0) is 61.6 Å². The summed E-state index contributed by atoms with van der Waals surface area (Å²) in [6.07, 6.45) is 12.3. The maximum absolute atomic E-state index is 10.2. The molecule has 3 aromatic heterocycles. The Labute approximate surface area is 215 Å². The third-order valence-corrected chi connectivity index (χ3v) is 9.25. The molecule has 2 saturated heterocycles. The molecule has 1 aliphatic carbocycles. The van der Waals surface area contributed by atoms with Crippen LogP contribution in [0.2, 0.25) is 0 Å². The van der Waals surface area contributed by atoms with Crippen LogP contribution in [0.5, 0.6) is 5.75 Å². The van der Waals surface area contributed by atoms with Gasteiger partial charge < -0.3 is 19.6 Å². The fourth-order valence-electron chi connectivity index (χ4n) is 6.40. The highest BCUT2D eigenvalue weighted by Gasteiger charge is 2.41. The van der Waals surface area contributed by atoms with E-state index in [9.17, 15) is 5.11 Å². The van der Waals surface area contributed by atoms with Crippen molar-refractivity contribution in [2.24, 2.45) is 5.41 Å². The van der Waals surface area contributed by atoms with Crippen molar-refractivity contribution in [3.05, 3.63) is 53.7 Å². The number of nitrogens with zero attached hydrogens (tertiary/aromatic N) is 6. The van der Waals surface area contributed by atoms with Crippen LogP contribution in [0.25, 0.3) is 0 Å². The molecule has 186 valence electrons. The molecule has 1 N–H and O–H groups in total. The SMILES string of the molecule is OCc1nc(Sc2ccnc3c2OCC2CCCN32)cnc1N1CCC2(CC1)Cc1cccnc1C2. The standard InChI is InChI=1S/C27H30N6O2S/c34-16-21-25(32-11-6-27(7-12-32)13-18-3-1-8-28-20(18)14-27)30-15-23(31-21)36-22-5-9-29-26-24(22)35-17-19-4-2-10-33(19)26/h1,3,5,8-9,15,19,34H,2,4,6-7,10-14,16-17H2. The average Bonchev–Trinajstić information content (AvgIpc) is 3.54. The Kier molecular flexibility index (Phi) is 5.50. The van der Waals surface area contributed by atoms with E-state index >= 15 is 0 Å². The summed E-state index contributed by atoms with van der Waals surface area (Å²) in [5.74, 6) is 2.58. The molecule has 0 radical (unpaired) electrons. The van der Waals surface area contributed by atoms with E-state index in [2.05, 4.69) is 25.8 Å². The van der Waals surface area contributed by atoms with Gasteiger partial charge in [0.15, 0.2) is 17.4 Å². The minimum absolute atomic E-state index is 0.131. The van der Waals surface area contributed by atoms with Crippen LogP contribution in [0.3, 0.4) is 0 Å². The van der Waals surface area contributed by atoms with Gasteiger partial charge in [-0.3, -0.25) is 4.98 Å². The molecule has 0 saturated carbocycles. The van der Waals surface area contributed by atoms with Crippen LogP contribution in [0.4, 0.5) is 11.6 Å². The first kappa shape index (κ1) is 22.3. The molecule has 6 heterocycles. The highest BCUT2D eigenvalue weighted by Crippen LogP contribution is 2.46. The Balaban J connectivity index is 1.08. The monoisotopic (exact) mass is 502 g/mol. The number of rotatable bonds is 4. The first-order chi connectivity index (χ1) is 17.7. The van der Waals surface area contributed by atoms with E-state index in [1.54, 1.807) is 0 Å². The van der Waals surface area contributed by atoms with Crippen molar-refractivity contribution >= 4 is 23.4 Å². The predicted octanol–water partition coefficient (Wildman–Crippen LogP) is 3.66. The van der Waals surface area contributed by atoms with Gasteiger partial charge in [0, 0.05) is 37.7 Å². The van der Waals surface area contributed by atoms with Crippen molar-refractivity contribution in [1.29, 1.82) is 0 Å². The van der Waals surface area contributed by atoms with Gasteiger partial charge in [-0.15, -0.1) is 0 Å². The summed E-state index contributed by atoms with van der Waals surface area (Å²) in [4.78, 5) is 24.5. The van der Waals surface area contributed by atoms with Gasteiger partial charge in [0.25, 0.3) is 0 Å². The largest absolute Gasteiger partial charge is 0.486 e. The summed E-state index contributed by atoms with van der Waals surface area (Å²) in [7, 11) is 0. The molecule has 1 spiro atoms. The molecule has 1 atom stereocenters. The van der Waals surface area contributed by atoms with Crippen molar-refractivity contribution in [3.8, 4) is 5.75 Å². The number of aliphatic hydroxyl groups excluding tert-OH is 1. The third-order valence-electron chi connectivity index (χ3n) is 8.30. The zero-order valence-electron chi connectivity index (χ0n) is 20.3. The summed E-state index contributed by atoms with van der Waals surface area (Å²) in [6, 6.07) is 6.69. The number of fused-ring (bicyclic) bond motifs is 4. The molecular weight excluding hydrogens is 472 g/mol. The number of pyridine rings is 2. The normalized spacial score (nSPS) is 21.8. The number of ether oxygens (including phenoxy) is 1. The first-order valence-corrected chi connectivity index (χ1v) is 13.7. The molecule has 36 heavy (non-hydrogen) atoms. The lowest BCUT2D eigenvalue weighted by Gasteiger charge is -2.40. The lowest BCUT2D eigenvalue weighted by atomic mass is 9.76. The molecule has 3 aromatic rings. The number of hydrogen-bond acceptors (Lipinski definition) is 9. The van der Waals surface area contributed by atoms with Crippen LogP contribution in [-0.4, -0.2) is 57.3 Å². The second kappa shape index (κ2) is 8.88. The van der Waals surface area contributed by atoms with Gasteiger partial charge >= 0.3 is 0 Å². The van der Waals surface area contributed by atoms with Crippen LogP contribution in [0, 0.1) is 5.41 Å². The Morgan fingerprint density at radius 2 is 1.97 bits per heavy atom. The Morgan fingerprint density at radius 1 is 1.06 bits per heavy atom. The molecule has 0 amide bonds. The second-order valence-corrected chi connectivity index (χ2v) is 11.5. The van der Waals surface area contributed by atoms with Crippen molar-refractivity contribution < 1.29 is 9.84 Å². The zero-order valence-corrected chi connectivity index (χ0v) is 21.1. The molecule has 9 heteroatoms. The lowest BCUT2D eigenvalue weighted by Crippen LogP contribution is -2.41. The maximum atomic E-state index is 10.2. The molecule has 4 aliphatic rings. The third kappa shape index (κ3) is 3.80. The van der Waals surface area contributed by atoms with Crippen molar-refractivity contribution in [2.75, 3.05) is 36.0 Å². The summed E-state index contributed by atoms with van der Waals surface area (Å²) < 4.78 is 6.15. The van der Waals surface area contributed by atoms with Crippen molar-refractivity contribution in [2.45, 2.75) is 61.1 Å². The number of aromatic nitrogens is 4. The second-order valence-electron chi connectivity index (χ2n) is 10.5. The molecule has 0 bridgehead atoms. The fraction of sp³-hybridized carbons (Fsp3) is 0.481. The van der Waals surface area contributed by atoms with Crippen molar-refractivity contribution in [1.82, 2.24) is 19.9 Å². The number of anilines is 2. The van der Waals surface area contributed by atoms with E-state index in [1.807, 2.05) is 30.7 Å². The van der Waals surface area contributed by atoms with E-state index in [0.29, 0.717) is 23.8 Å². The van der Waals surface area contributed by atoms with Gasteiger partial charge in [-0.2, -0.15) is 0 Å². The number of aliphatic hydroxyl groups is 1. The first-order valence-electron chi connectivity index (χ1n) is 12.9. The number of piperidine rings is 1. The van der Waals surface area contributed by atoms with E-state index in [4.69, 9.17) is 14.7 Å². The highest BCUT2D eigenvalue weighted by atomic mass is 32.2. The van der Waals surface area contributed by atoms with Crippen LogP contribution in [0.1, 0.15) is 42.6 Å². The van der Waals surface area contributed by atoms with Crippen LogP contribution in [0.15, 0.2) is 46.7 Å². The summed E-state index contributed by atoms with van der Waals surface area (Å²) in [5.41, 5.74) is 3.62. The van der Waals surface area contributed by atoms with E-state index < -0.39 is 0 Å². The topological polar surface area (TPSA) is 87.5 Å². The number of hydrogen-bond donors (Lipinski definition) is 1. The molecular formula is C27H30N6O2S. The molecule has 2 fully saturated rings. The Bertz CT molecular complexity index is 1270. The van der Waals surface area contributed by atoms with Crippen LogP contribution in [-0.2, 0) is 19.4 Å². The van der Waals surface area contributed by atoms with Gasteiger partial charge in [-0.1, -0.05) is 17.8 Å². The predicted molar refractivity (Wildman–Crippen MR) is 138 cm³/mol. The van der Waals surface area contributed by atoms with Gasteiger partial charge in [0.05, 0.1) is 23.7 Å². The summed E-state index contributed by atoms with van der Waals surface area (Å²) in [5, 5.41) is 10.9. The smallest absolute Gasteiger partial charge is 0.175 e. The van der Waals surface area contributed by atoms with Gasteiger partial charge in [0.1, 0.15) is 17.3 Å².